The molecule has 0 spiro atoms. The van der Waals surface area contributed by atoms with Crippen molar-refractivity contribution >= 4 is 28.5 Å². The highest BCUT2D eigenvalue weighted by molar-refractivity contribution is 14.1. The van der Waals surface area contributed by atoms with E-state index in [0.29, 0.717) is 12.5 Å². The van der Waals surface area contributed by atoms with E-state index in [1.807, 2.05) is 31.3 Å². The normalized spacial score (nSPS) is 12.6. The minimum atomic E-state index is 0.0577. The van der Waals surface area contributed by atoms with Crippen LogP contribution in [0.25, 0.3) is 0 Å². The van der Waals surface area contributed by atoms with Crippen LogP contribution in [0.3, 0.4) is 0 Å². The van der Waals surface area contributed by atoms with Crippen molar-refractivity contribution in [3.63, 3.8) is 0 Å². The summed E-state index contributed by atoms with van der Waals surface area (Å²) in [6.45, 7) is 4.90. The maximum absolute atomic E-state index is 12.1. The van der Waals surface area contributed by atoms with Crippen LogP contribution in [0.5, 0.6) is 0 Å². The lowest BCUT2D eigenvalue weighted by Crippen LogP contribution is -2.34. The monoisotopic (exact) mass is 360 g/mol. The van der Waals surface area contributed by atoms with E-state index in [0.717, 1.165) is 15.6 Å². The number of halogens is 1. The summed E-state index contributed by atoms with van der Waals surface area (Å²) < 4.78 is 1.13. The topological polar surface area (TPSA) is 46.3 Å². The fourth-order valence-corrected chi connectivity index (χ4v) is 1.95. The molecule has 4 heteroatoms. The highest BCUT2D eigenvalue weighted by Gasteiger charge is 2.14. The van der Waals surface area contributed by atoms with Crippen LogP contribution in [0.1, 0.15) is 30.6 Å². The quantitative estimate of drug-likeness (QED) is 0.821. The molecule has 18 heavy (non-hydrogen) atoms. The van der Waals surface area contributed by atoms with E-state index < -0.39 is 0 Å². The van der Waals surface area contributed by atoms with Gasteiger partial charge in [0.1, 0.15) is 0 Å². The summed E-state index contributed by atoms with van der Waals surface area (Å²) in [4.78, 5) is 13.9. The molecule has 2 N–H and O–H groups in total. The second kappa shape index (κ2) is 7.09. The first-order valence-electron chi connectivity index (χ1n) is 6.18. The molecular weight excluding hydrogens is 339 g/mol. The van der Waals surface area contributed by atoms with Crippen molar-refractivity contribution in [3.8, 4) is 0 Å². The molecule has 1 unspecified atom stereocenters. The third kappa shape index (κ3) is 4.57. The molecule has 0 aliphatic heterocycles. The lowest BCUT2D eigenvalue weighted by molar-refractivity contribution is 0.0789. The zero-order valence-corrected chi connectivity index (χ0v) is 13.3. The van der Waals surface area contributed by atoms with Crippen molar-refractivity contribution in [1.29, 1.82) is 0 Å². The van der Waals surface area contributed by atoms with E-state index in [1.54, 1.807) is 4.90 Å². The Morgan fingerprint density at radius 2 is 1.89 bits per heavy atom. The summed E-state index contributed by atoms with van der Waals surface area (Å²) in [6.07, 6.45) is 0.838. The van der Waals surface area contributed by atoms with Gasteiger partial charge in [0.25, 0.3) is 5.91 Å². The van der Waals surface area contributed by atoms with E-state index in [9.17, 15) is 4.79 Å². The van der Waals surface area contributed by atoms with Crippen LogP contribution >= 0.6 is 22.6 Å². The van der Waals surface area contributed by atoms with Crippen LogP contribution in [0.2, 0.25) is 0 Å². The molecule has 1 amide bonds. The first kappa shape index (κ1) is 15.4. The number of nitrogens with zero attached hydrogens (tertiary/aromatic N) is 1. The molecule has 0 aliphatic rings. The van der Waals surface area contributed by atoms with Crippen molar-refractivity contribution in [2.45, 2.75) is 26.3 Å². The number of carbonyl (C=O) groups excluding carboxylic acids is 1. The predicted octanol–water partition coefficient (Wildman–Crippen LogP) is 2.74. The van der Waals surface area contributed by atoms with Gasteiger partial charge >= 0.3 is 0 Å². The molecule has 0 aliphatic carbocycles. The molecule has 1 aromatic rings. The molecule has 0 saturated carbocycles. The van der Waals surface area contributed by atoms with E-state index in [2.05, 4.69) is 36.4 Å². The molecular formula is C14H21IN2O. The summed E-state index contributed by atoms with van der Waals surface area (Å²) >= 11 is 2.23. The van der Waals surface area contributed by atoms with E-state index in [-0.39, 0.29) is 11.9 Å². The minimum Gasteiger partial charge on any atom is -0.342 e. The van der Waals surface area contributed by atoms with Crippen LogP contribution in [-0.4, -0.2) is 30.4 Å². The van der Waals surface area contributed by atoms with Crippen LogP contribution in [0.4, 0.5) is 0 Å². The fourth-order valence-electron chi connectivity index (χ4n) is 1.59. The predicted molar refractivity (Wildman–Crippen MR) is 83.5 cm³/mol. The maximum atomic E-state index is 12.1. The summed E-state index contributed by atoms with van der Waals surface area (Å²) in [7, 11) is 1.83. The Labute approximate surface area is 123 Å². The van der Waals surface area contributed by atoms with Gasteiger partial charge in [0.2, 0.25) is 0 Å². The Bertz CT molecular complexity index is 389. The summed E-state index contributed by atoms with van der Waals surface area (Å²) in [5.74, 6) is 0.508. The number of nitrogens with two attached hydrogens (primary N) is 1. The van der Waals surface area contributed by atoms with Crippen LogP contribution in [-0.2, 0) is 0 Å². The molecule has 0 heterocycles. The van der Waals surface area contributed by atoms with Gasteiger partial charge in [0, 0.05) is 28.8 Å². The van der Waals surface area contributed by atoms with Crippen LogP contribution in [0.15, 0.2) is 24.3 Å². The Balaban J connectivity index is 2.54. The number of hydrogen-bond donors (Lipinski definition) is 1. The molecule has 100 valence electrons. The lowest BCUT2D eigenvalue weighted by atomic mass is 10.0. The van der Waals surface area contributed by atoms with Crippen molar-refractivity contribution in [2.75, 3.05) is 13.6 Å². The van der Waals surface area contributed by atoms with Crippen molar-refractivity contribution in [3.05, 3.63) is 33.4 Å². The molecule has 0 radical (unpaired) electrons. The molecule has 1 aromatic carbocycles. The number of carbonyl (C=O) groups is 1. The van der Waals surface area contributed by atoms with Crippen LogP contribution < -0.4 is 5.73 Å². The fraction of sp³-hybridized carbons (Fsp3) is 0.500. The van der Waals surface area contributed by atoms with Gasteiger partial charge in [-0.3, -0.25) is 4.79 Å². The van der Waals surface area contributed by atoms with Crippen LogP contribution in [0, 0.1) is 9.49 Å². The smallest absolute Gasteiger partial charge is 0.253 e. The van der Waals surface area contributed by atoms with Crippen molar-refractivity contribution < 1.29 is 4.79 Å². The van der Waals surface area contributed by atoms with Gasteiger partial charge in [-0.1, -0.05) is 13.8 Å². The SMILES string of the molecule is CC(C)C(N)CCN(C)C(=O)c1ccc(I)cc1. The highest BCUT2D eigenvalue weighted by atomic mass is 127. The Kier molecular flexibility index (Phi) is 6.08. The van der Waals surface area contributed by atoms with Gasteiger partial charge in [-0.05, 0) is 59.2 Å². The third-order valence-corrected chi connectivity index (χ3v) is 3.81. The molecule has 1 atom stereocenters. The van der Waals surface area contributed by atoms with E-state index in [4.69, 9.17) is 5.73 Å². The van der Waals surface area contributed by atoms with Crippen molar-refractivity contribution in [2.24, 2.45) is 11.7 Å². The number of rotatable bonds is 5. The number of hydrogen-bond acceptors (Lipinski definition) is 2. The van der Waals surface area contributed by atoms with Gasteiger partial charge in [-0.15, -0.1) is 0 Å². The summed E-state index contributed by atoms with van der Waals surface area (Å²) in [6, 6.07) is 7.77. The average molecular weight is 360 g/mol. The Hall–Kier alpha value is -0.620. The van der Waals surface area contributed by atoms with Gasteiger partial charge in [-0.2, -0.15) is 0 Å². The van der Waals surface area contributed by atoms with Crippen molar-refractivity contribution in [1.82, 2.24) is 4.90 Å². The van der Waals surface area contributed by atoms with Gasteiger partial charge < -0.3 is 10.6 Å². The first-order valence-corrected chi connectivity index (χ1v) is 7.26. The first-order chi connectivity index (χ1) is 8.41. The molecule has 0 fully saturated rings. The zero-order valence-electron chi connectivity index (χ0n) is 11.2. The molecule has 0 saturated heterocycles. The highest BCUT2D eigenvalue weighted by Crippen LogP contribution is 2.10. The molecule has 1 rings (SSSR count). The maximum Gasteiger partial charge on any atom is 0.253 e. The lowest BCUT2D eigenvalue weighted by Gasteiger charge is -2.21. The van der Waals surface area contributed by atoms with E-state index in [1.165, 1.54) is 0 Å². The summed E-state index contributed by atoms with van der Waals surface area (Å²) in [5.41, 5.74) is 6.72. The van der Waals surface area contributed by atoms with E-state index >= 15 is 0 Å². The third-order valence-electron chi connectivity index (χ3n) is 3.09. The number of benzene rings is 1. The Morgan fingerprint density at radius 1 is 1.33 bits per heavy atom. The van der Waals surface area contributed by atoms with Gasteiger partial charge in [-0.25, -0.2) is 0 Å². The zero-order chi connectivity index (χ0) is 13.7. The average Bonchev–Trinajstić information content (AvgIpc) is 2.35. The van der Waals surface area contributed by atoms with Gasteiger partial charge in [0.15, 0.2) is 0 Å². The molecule has 0 bridgehead atoms. The molecule has 0 aromatic heterocycles. The standard InChI is InChI=1S/C14H21IN2O/c1-10(2)13(16)8-9-17(3)14(18)11-4-6-12(15)7-5-11/h4-7,10,13H,8-9,16H2,1-3H3. The minimum absolute atomic E-state index is 0.0577. The largest absolute Gasteiger partial charge is 0.342 e. The second-order valence-corrected chi connectivity index (χ2v) is 6.18. The summed E-state index contributed by atoms with van der Waals surface area (Å²) in [5, 5.41) is 0. The molecule has 3 nitrogen and oxygen atoms in total. The second-order valence-electron chi connectivity index (χ2n) is 4.93. The Morgan fingerprint density at radius 3 is 2.39 bits per heavy atom. The van der Waals surface area contributed by atoms with Gasteiger partial charge in [0.05, 0.1) is 0 Å². The number of amides is 1.